The van der Waals surface area contributed by atoms with Gasteiger partial charge < -0.3 is 9.64 Å². The third-order valence-electron chi connectivity index (χ3n) is 4.18. The molecular weight excluding hydrogens is 298 g/mol. The molecule has 0 aliphatic carbocycles. The van der Waals surface area contributed by atoms with E-state index in [2.05, 4.69) is 49.4 Å². The molecule has 0 spiro atoms. The number of benzene rings is 2. The summed E-state index contributed by atoms with van der Waals surface area (Å²) < 4.78 is 5.00. The molecule has 1 unspecified atom stereocenters. The average Bonchev–Trinajstić information content (AvgIpc) is 2.63. The fourth-order valence-electron chi connectivity index (χ4n) is 2.86. The van der Waals surface area contributed by atoms with E-state index in [1.165, 1.54) is 18.2 Å². The Hall–Kier alpha value is -2.81. The van der Waals surface area contributed by atoms with Gasteiger partial charge in [0.05, 0.1) is 12.7 Å². The van der Waals surface area contributed by atoms with Gasteiger partial charge in [-0.3, -0.25) is 0 Å². The molecule has 0 radical (unpaired) electrons. The zero-order valence-corrected chi connectivity index (χ0v) is 14.0. The third-order valence-corrected chi connectivity index (χ3v) is 4.18. The Morgan fingerprint density at radius 1 is 1.08 bits per heavy atom. The molecule has 1 aliphatic heterocycles. The smallest absolute Gasteiger partial charge is 0.336 e. The van der Waals surface area contributed by atoms with E-state index in [0.29, 0.717) is 5.57 Å². The Kier molecular flexibility index (Phi) is 4.80. The van der Waals surface area contributed by atoms with E-state index in [-0.39, 0.29) is 11.9 Å². The minimum absolute atomic E-state index is 0.0786. The summed E-state index contributed by atoms with van der Waals surface area (Å²) in [6.45, 7) is 2.78. The molecule has 1 heterocycles. The second kappa shape index (κ2) is 7.18. The van der Waals surface area contributed by atoms with Crippen molar-refractivity contribution in [1.82, 2.24) is 4.90 Å². The van der Waals surface area contributed by atoms with E-state index in [9.17, 15) is 4.79 Å². The predicted octanol–water partition coefficient (Wildman–Crippen LogP) is 4.17. The Labute approximate surface area is 142 Å². The average molecular weight is 319 g/mol. The van der Waals surface area contributed by atoms with Gasteiger partial charge in [-0.05, 0) is 18.1 Å². The summed E-state index contributed by atoms with van der Waals surface area (Å²) in [5.41, 5.74) is 4.14. The molecule has 0 saturated carbocycles. The van der Waals surface area contributed by atoms with Crippen LogP contribution in [0.5, 0.6) is 0 Å². The van der Waals surface area contributed by atoms with Crippen LogP contribution in [0.2, 0.25) is 0 Å². The molecule has 0 aromatic heterocycles. The van der Waals surface area contributed by atoms with Crippen molar-refractivity contribution in [3.05, 3.63) is 95.3 Å². The number of allylic oxidation sites excluding steroid dienone is 1. The SMILES string of the molecule is COC(=O)C1=CN(Cc2ccccc2)C=CC1c1ccc(C)cc1. The number of rotatable bonds is 4. The number of hydrogen-bond donors (Lipinski definition) is 0. The Bertz CT molecular complexity index is 760. The van der Waals surface area contributed by atoms with E-state index in [1.807, 2.05) is 35.5 Å². The number of aryl methyl sites for hydroxylation is 1. The van der Waals surface area contributed by atoms with Crippen LogP contribution < -0.4 is 0 Å². The molecule has 3 nitrogen and oxygen atoms in total. The van der Waals surface area contributed by atoms with Gasteiger partial charge in [0.1, 0.15) is 0 Å². The largest absolute Gasteiger partial charge is 0.466 e. The second-order valence-electron chi connectivity index (χ2n) is 5.96. The molecule has 24 heavy (non-hydrogen) atoms. The first-order valence-electron chi connectivity index (χ1n) is 8.02. The minimum atomic E-state index is -0.289. The van der Waals surface area contributed by atoms with Crippen molar-refractivity contribution in [2.24, 2.45) is 0 Å². The summed E-state index contributed by atoms with van der Waals surface area (Å²) in [5.74, 6) is -0.368. The van der Waals surface area contributed by atoms with Gasteiger partial charge in [-0.2, -0.15) is 0 Å². The second-order valence-corrected chi connectivity index (χ2v) is 5.96. The van der Waals surface area contributed by atoms with Crippen LogP contribution >= 0.6 is 0 Å². The number of methoxy groups -OCH3 is 1. The first-order valence-corrected chi connectivity index (χ1v) is 8.02. The molecule has 0 bridgehead atoms. The van der Waals surface area contributed by atoms with Crippen LogP contribution in [0.1, 0.15) is 22.6 Å². The van der Waals surface area contributed by atoms with E-state index in [4.69, 9.17) is 4.74 Å². The summed E-state index contributed by atoms with van der Waals surface area (Å²) in [7, 11) is 1.43. The molecule has 1 atom stereocenters. The zero-order valence-electron chi connectivity index (χ0n) is 14.0. The molecule has 122 valence electrons. The topological polar surface area (TPSA) is 29.5 Å². The van der Waals surface area contributed by atoms with Gasteiger partial charge >= 0.3 is 5.97 Å². The molecular formula is C21H21NO2. The van der Waals surface area contributed by atoms with Crippen molar-refractivity contribution in [2.75, 3.05) is 7.11 Å². The van der Waals surface area contributed by atoms with Crippen LogP contribution in [0.4, 0.5) is 0 Å². The Morgan fingerprint density at radius 2 is 1.79 bits per heavy atom. The molecule has 3 rings (SSSR count). The van der Waals surface area contributed by atoms with Gasteiger partial charge in [-0.25, -0.2) is 4.79 Å². The van der Waals surface area contributed by atoms with Gasteiger partial charge in [0, 0.05) is 24.9 Å². The van der Waals surface area contributed by atoms with Crippen molar-refractivity contribution in [3.8, 4) is 0 Å². The number of nitrogens with zero attached hydrogens (tertiary/aromatic N) is 1. The summed E-state index contributed by atoms with van der Waals surface area (Å²) in [6, 6.07) is 18.4. The zero-order chi connectivity index (χ0) is 16.9. The highest BCUT2D eigenvalue weighted by Gasteiger charge is 2.25. The number of carbonyl (C=O) groups excluding carboxylic acids is 1. The number of ether oxygens (including phenoxy) is 1. The molecule has 0 fully saturated rings. The quantitative estimate of drug-likeness (QED) is 0.792. The lowest BCUT2D eigenvalue weighted by molar-refractivity contribution is -0.136. The lowest BCUT2D eigenvalue weighted by Gasteiger charge is -2.26. The molecule has 2 aromatic rings. The van der Waals surface area contributed by atoms with Crippen LogP contribution in [-0.2, 0) is 16.1 Å². The van der Waals surface area contributed by atoms with Crippen LogP contribution in [-0.4, -0.2) is 18.0 Å². The number of carbonyl (C=O) groups is 1. The van der Waals surface area contributed by atoms with Crippen LogP contribution in [0.15, 0.2) is 78.6 Å². The summed E-state index contributed by atoms with van der Waals surface area (Å²) in [5, 5.41) is 0. The van der Waals surface area contributed by atoms with Crippen molar-refractivity contribution in [2.45, 2.75) is 19.4 Å². The molecule has 3 heteroatoms. The minimum Gasteiger partial charge on any atom is -0.466 e. The first kappa shape index (κ1) is 16.1. The van der Waals surface area contributed by atoms with E-state index >= 15 is 0 Å². The summed E-state index contributed by atoms with van der Waals surface area (Å²) in [6.07, 6.45) is 5.98. The van der Waals surface area contributed by atoms with Gasteiger partial charge in [0.2, 0.25) is 0 Å². The summed E-state index contributed by atoms with van der Waals surface area (Å²) >= 11 is 0. The maximum absolute atomic E-state index is 12.3. The maximum Gasteiger partial charge on any atom is 0.336 e. The monoisotopic (exact) mass is 319 g/mol. The molecule has 2 aromatic carbocycles. The fourth-order valence-corrected chi connectivity index (χ4v) is 2.86. The molecule has 1 aliphatic rings. The number of hydrogen-bond acceptors (Lipinski definition) is 3. The van der Waals surface area contributed by atoms with E-state index in [0.717, 1.165) is 12.1 Å². The third kappa shape index (κ3) is 3.57. The maximum atomic E-state index is 12.3. The first-order chi connectivity index (χ1) is 11.7. The molecule has 0 amide bonds. The highest BCUT2D eigenvalue weighted by atomic mass is 16.5. The lowest BCUT2D eigenvalue weighted by atomic mass is 9.89. The Balaban J connectivity index is 1.87. The Morgan fingerprint density at radius 3 is 2.46 bits per heavy atom. The lowest BCUT2D eigenvalue weighted by Crippen LogP contribution is -2.21. The summed E-state index contributed by atoms with van der Waals surface area (Å²) in [4.78, 5) is 14.3. The molecule has 0 saturated heterocycles. The standard InChI is InChI=1S/C21H21NO2/c1-16-8-10-18(11-9-16)19-12-13-22(15-20(19)21(23)24-2)14-17-6-4-3-5-7-17/h3-13,15,19H,14H2,1-2H3. The van der Waals surface area contributed by atoms with Crippen molar-refractivity contribution in [1.29, 1.82) is 0 Å². The van der Waals surface area contributed by atoms with Crippen LogP contribution in [0.25, 0.3) is 0 Å². The van der Waals surface area contributed by atoms with Crippen LogP contribution in [0, 0.1) is 6.92 Å². The fraction of sp³-hybridized carbons (Fsp3) is 0.190. The highest BCUT2D eigenvalue weighted by molar-refractivity contribution is 5.91. The van der Waals surface area contributed by atoms with Crippen molar-refractivity contribution in [3.63, 3.8) is 0 Å². The van der Waals surface area contributed by atoms with Gasteiger partial charge in [0.25, 0.3) is 0 Å². The molecule has 0 N–H and O–H groups in total. The van der Waals surface area contributed by atoms with E-state index in [1.54, 1.807) is 0 Å². The van der Waals surface area contributed by atoms with Gasteiger partial charge in [0.15, 0.2) is 0 Å². The van der Waals surface area contributed by atoms with Gasteiger partial charge in [-0.15, -0.1) is 0 Å². The predicted molar refractivity (Wildman–Crippen MR) is 95.1 cm³/mol. The normalized spacial score (nSPS) is 16.7. The van der Waals surface area contributed by atoms with Gasteiger partial charge in [-0.1, -0.05) is 66.2 Å². The van der Waals surface area contributed by atoms with Crippen LogP contribution in [0.3, 0.4) is 0 Å². The van der Waals surface area contributed by atoms with E-state index < -0.39 is 0 Å². The van der Waals surface area contributed by atoms with Crippen molar-refractivity contribution < 1.29 is 9.53 Å². The van der Waals surface area contributed by atoms with Crippen molar-refractivity contribution >= 4 is 5.97 Å². The highest BCUT2D eigenvalue weighted by Crippen LogP contribution is 2.31. The number of esters is 1.